The number of hydrogen-bond donors (Lipinski definition) is 1. The summed E-state index contributed by atoms with van der Waals surface area (Å²) in [6.45, 7) is 2.25. The van der Waals surface area contributed by atoms with Crippen LogP contribution < -0.4 is 5.32 Å². The van der Waals surface area contributed by atoms with Crippen molar-refractivity contribution in [1.82, 2.24) is 10.2 Å². The van der Waals surface area contributed by atoms with Gasteiger partial charge in [0.1, 0.15) is 5.51 Å². The lowest BCUT2D eigenvalue weighted by Gasteiger charge is -2.06. The summed E-state index contributed by atoms with van der Waals surface area (Å²) in [7, 11) is 0. The minimum atomic E-state index is -0.371. The van der Waals surface area contributed by atoms with E-state index in [-0.39, 0.29) is 10.6 Å². The summed E-state index contributed by atoms with van der Waals surface area (Å²) in [6, 6.07) is 5.04. The molecule has 0 aliphatic rings. The Labute approximate surface area is 101 Å². The van der Waals surface area contributed by atoms with Crippen molar-refractivity contribution in [2.24, 2.45) is 0 Å². The minimum absolute atomic E-state index is 0.140. The Balaban J connectivity index is 2.16. The van der Waals surface area contributed by atoms with Crippen LogP contribution in [0.15, 0.2) is 23.7 Å². The Hall–Kier alpha value is -2.02. The number of benzene rings is 1. The molecule has 0 atom stereocenters. The molecule has 2 rings (SSSR count). The number of nitro groups is 1. The highest BCUT2D eigenvalue weighted by Crippen LogP contribution is 2.22. The molecule has 0 aliphatic heterocycles. The Morgan fingerprint density at radius 2 is 2.35 bits per heavy atom. The molecule has 0 saturated heterocycles. The quantitative estimate of drug-likeness (QED) is 0.665. The number of hydrogen-bond acceptors (Lipinski definition) is 6. The maximum Gasteiger partial charge on any atom is 0.272 e. The maximum atomic E-state index is 10.8. The average molecular weight is 250 g/mol. The third kappa shape index (κ3) is 2.56. The Morgan fingerprint density at radius 1 is 1.53 bits per heavy atom. The highest BCUT2D eigenvalue weighted by Gasteiger charge is 2.12. The van der Waals surface area contributed by atoms with E-state index in [0.717, 1.165) is 5.56 Å². The van der Waals surface area contributed by atoms with Crippen molar-refractivity contribution < 1.29 is 4.92 Å². The van der Waals surface area contributed by atoms with Gasteiger partial charge in [0.25, 0.3) is 5.69 Å². The van der Waals surface area contributed by atoms with Crippen molar-refractivity contribution in [3.05, 3.63) is 45.0 Å². The van der Waals surface area contributed by atoms with Crippen LogP contribution in [0.5, 0.6) is 0 Å². The van der Waals surface area contributed by atoms with Crippen molar-refractivity contribution in [3.8, 4) is 0 Å². The molecule has 0 aliphatic carbocycles. The van der Waals surface area contributed by atoms with E-state index in [9.17, 15) is 10.1 Å². The summed E-state index contributed by atoms with van der Waals surface area (Å²) in [5.41, 5.74) is 3.33. The smallest absolute Gasteiger partial charge is 0.272 e. The van der Waals surface area contributed by atoms with Gasteiger partial charge in [0.15, 0.2) is 0 Å². The molecule has 17 heavy (non-hydrogen) atoms. The van der Waals surface area contributed by atoms with E-state index in [1.165, 1.54) is 17.4 Å². The van der Waals surface area contributed by atoms with Crippen LogP contribution in [-0.4, -0.2) is 15.1 Å². The van der Waals surface area contributed by atoms with Gasteiger partial charge in [0.2, 0.25) is 5.13 Å². The fourth-order valence-corrected chi connectivity index (χ4v) is 1.92. The maximum absolute atomic E-state index is 10.8. The van der Waals surface area contributed by atoms with Crippen molar-refractivity contribution in [2.75, 3.05) is 5.32 Å². The predicted octanol–water partition coefficient (Wildman–Crippen LogP) is 2.37. The Kier molecular flexibility index (Phi) is 3.29. The van der Waals surface area contributed by atoms with Crippen LogP contribution in [0.25, 0.3) is 0 Å². The lowest BCUT2D eigenvalue weighted by molar-refractivity contribution is -0.385. The van der Waals surface area contributed by atoms with Crippen LogP contribution in [0, 0.1) is 17.0 Å². The molecule has 0 fully saturated rings. The molecule has 0 spiro atoms. The molecule has 1 N–H and O–H groups in total. The third-order valence-electron chi connectivity index (χ3n) is 2.40. The first-order valence-electron chi connectivity index (χ1n) is 4.91. The number of nitro benzene ring substituents is 1. The molecule has 0 radical (unpaired) electrons. The normalized spacial score (nSPS) is 10.2. The van der Waals surface area contributed by atoms with Crippen molar-refractivity contribution in [1.29, 1.82) is 0 Å². The fourth-order valence-electron chi connectivity index (χ4n) is 1.48. The van der Waals surface area contributed by atoms with Gasteiger partial charge in [-0.1, -0.05) is 23.5 Å². The van der Waals surface area contributed by atoms with Gasteiger partial charge in [0, 0.05) is 18.2 Å². The minimum Gasteiger partial charge on any atom is -0.356 e. The Morgan fingerprint density at radius 3 is 3.00 bits per heavy atom. The predicted molar refractivity (Wildman–Crippen MR) is 65.1 cm³/mol. The first-order chi connectivity index (χ1) is 8.18. The standard InChI is InChI=1S/C10H10N4O2S/c1-7-8(3-2-4-9(7)14(15)16)5-11-10-13-12-6-17-10/h2-4,6H,5H2,1H3,(H,11,13). The van der Waals surface area contributed by atoms with Crippen LogP contribution in [0.1, 0.15) is 11.1 Å². The van der Waals surface area contributed by atoms with Crippen LogP contribution in [0.2, 0.25) is 0 Å². The topological polar surface area (TPSA) is 81.0 Å². The van der Waals surface area contributed by atoms with Crippen LogP contribution >= 0.6 is 11.3 Å². The zero-order chi connectivity index (χ0) is 12.3. The van der Waals surface area contributed by atoms with E-state index in [1.54, 1.807) is 18.5 Å². The molecule has 0 saturated carbocycles. The summed E-state index contributed by atoms with van der Waals surface area (Å²) in [6.07, 6.45) is 0. The summed E-state index contributed by atoms with van der Waals surface area (Å²) in [5, 5.41) is 22.1. The molecule has 0 bridgehead atoms. The summed E-state index contributed by atoms with van der Waals surface area (Å²) >= 11 is 1.39. The molecule has 0 amide bonds. The van der Waals surface area contributed by atoms with E-state index in [1.807, 2.05) is 6.07 Å². The first kappa shape index (κ1) is 11.5. The molecule has 2 aromatic rings. The monoisotopic (exact) mass is 250 g/mol. The van der Waals surface area contributed by atoms with Gasteiger partial charge in [-0.15, -0.1) is 10.2 Å². The molecule has 1 aromatic heterocycles. The van der Waals surface area contributed by atoms with E-state index in [2.05, 4.69) is 15.5 Å². The molecule has 1 heterocycles. The number of anilines is 1. The molecule has 88 valence electrons. The fraction of sp³-hybridized carbons (Fsp3) is 0.200. The summed E-state index contributed by atoms with van der Waals surface area (Å²) in [4.78, 5) is 10.4. The molecular formula is C10H10N4O2S. The third-order valence-corrected chi connectivity index (χ3v) is 3.05. The van der Waals surface area contributed by atoms with E-state index >= 15 is 0 Å². The molecule has 0 unspecified atom stereocenters. The second kappa shape index (κ2) is 4.88. The van der Waals surface area contributed by atoms with Crippen molar-refractivity contribution in [2.45, 2.75) is 13.5 Å². The number of aromatic nitrogens is 2. The summed E-state index contributed by atoms with van der Waals surface area (Å²) in [5.74, 6) is 0. The summed E-state index contributed by atoms with van der Waals surface area (Å²) < 4.78 is 0. The van der Waals surface area contributed by atoms with E-state index < -0.39 is 0 Å². The van der Waals surface area contributed by atoms with Gasteiger partial charge in [-0.05, 0) is 12.5 Å². The van der Waals surface area contributed by atoms with Crippen molar-refractivity contribution in [3.63, 3.8) is 0 Å². The lowest BCUT2D eigenvalue weighted by Crippen LogP contribution is -2.03. The van der Waals surface area contributed by atoms with Crippen LogP contribution in [-0.2, 0) is 6.54 Å². The van der Waals surface area contributed by atoms with Gasteiger partial charge in [0.05, 0.1) is 4.92 Å². The molecule has 7 heteroatoms. The number of nitrogens with zero attached hydrogens (tertiary/aromatic N) is 3. The highest BCUT2D eigenvalue weighted by molar-refractivity contribution is 7.13. The van der Waals surface area contributed by atoms with Gasteiger partial charge in [-0.25, -0.2) is 0 Å². The SMILES string of the molecule is Cc1c(CNc2nncs2)cccc1[N+](=O)[O-]. The molecular weight excluding hydrogens is 240 g/mol. The first-order valence-corrected chi connectivity index (χ1v) is 5.79. The second-order valence-electron chi connectivity index (χ2n) is 3.42. The Bertz CT molecular complexity index is 527. The van der Waals surface area contributed by atoms with Gasteiger partial charge in [-0.3, -0.25) is 10.1 Å². The largest absolute Gasteiger partial charge is 0.356 e. The van der Waals surface area contributed by atoms with Gasteiger partial charge in [-0.2, -0.15) is 0 Å². The number of rotatable bonds is 4. The van der Waals surface area contributed by atoms with Gasteiger partial charge < -0.3 is 5.32 Å². The molecule has 6 nitrogen and oxygen atoms in total. The van der Waals surface area contributed by atoms with Gasteiger partial charge >= 0.3 is 0 Å². The van der Waals surface area contributed by atoms with Crippen LogP contribution in [0.3, 0.4) is 0 Å². The highest BCUT2D eigenvalue weighted by atomic mass is 32.1. The van der Waals surface area contributed by atoms with Crippen LogP contribution in [0.4, 0.5) is 10.8 Å². The average Bonchev–Trinajstić information content (AvgIpc) is 2.80. The lowest BCUT2D eigenvalue weighted by atomic mass is 10.1. The molecule has 1 aromatic carbocycles. The van der Waals surface area contributed by atoms with E-state index in [4.69, 9.17) is 0 Å². The zero-order valence-corrected chi connectivity index (χ0v) is 9.90. The second-order valence-corrected chi connectivity index (χ2v) is 4.25. The van der Waals surface area contributed by atoms with E-state index in [0.29, 0.717) is 17.2 Å². The number of nitrogens with one attached hydrogen (secondary N) is 1. The zero-order valence-electron chi connectivity index (χ0n) is 9.08. The van der Waals surface area contributed by atoms with Crippen molar-refractivity contribution >= 4 is 22.2 Å².